The molecule has 0 bridgehead atoms. The molecule has 1 aliphatic carbocycles. The number of hydrogen-bond acceptors (Lipinski definition) is 2. The Kier molecular flexibility index (Phi) is 4.06. The summed E-state index contributed by atoms with van der Waals surface area (Å²) in [5.74, 6) is -0.111. The summed E-state index contributed by atoms with van der Waals surface area (Å²) < 4.78 is 1.99. The molecule has 0 saturated heterocycles. The number of nitrogens with zero attached hydrogens (tertiary/aromatic N) is 1. The van der Waals surface area contributed by atoms with Gasteiger partial charge >= 0.3 is 0 Å². The third-order valence-corrected chi connectivity index (χ3v) is 4.08. The second kappa shape index (κ2) is 6.14. The summed E-state index contributed by atoms with van der Waals surface area (Å²) in [5.41, 5.74) is 1.65. The van der Waals surface area contributed by atoms with Gasteiger partial charge in [-0.3, -0.25) is 4.79 Å². The van der Waals surface area contributed by atoms with Crippen molar-refractivity contribution in [3.05, 3.63) is 54.4 Å². The average Bonchev–Trinajstić information content (AvgIpc) is 3.04. The van der Waals surface area contributed by atoms with Crippen LogP contribution >= 0.6 is 0 Å². The summed E-state index contributed by atoms with van der Waals surface area (Å²) >= 11 is 0. The van der Waals surface area contributed by atoms with Crippen LogP contribution in [0.5, 0.6) is 0 Å². The Hall–Kier alpha value is -2.07. The molecule has 1 amide bonds. The van der Waals surface area contributed by atoms with Crippen molar-refractivity contribution >= 4 is 5.91 Å². The summed E-state index contributed by atoms with van der Waals surface area (Å²) in [6.45, 7) is 0. The Morgan fingerprint density at radius 2 is 1.76 bits per heavy atom. The minimum absolute atomic E-state index is 0.111. The van der Waals surface area contributed by atoms with E-state index in [1.807, 2.05) is 53.4 Å². The number of aromatic nitrogens is 1. The van der Waals surface area contributed by atoms with Crippen LogP contribution in [0.25, 0.3) is 5.69 Å². The van der Waals surface area contributed by atoms with Gasteiger partial charge in [0.05, 0.1) is 12.1 Å². The minimum Gasteiger partial charge on any atom is -0.391 e. The van der Waals surface area contributed by atoms with Gasteiger partial charge in [0.25, 0.3) is 5.91 Å². The molecule has 2 N–H and O–H groups in total. The minimum atomic E-state index is -0.415. The molecule has 2 aromatic rings. The highest BCUT2D eigenvalue weighted by Gasteiger charge is 2.24. The van der Waals surface area contributed by atoms with Crippen LogP contribution in [0.2, 0.25) is 0 Å². The Labute approximate surface area is 124 Å². The Morgan fingerprint density at radius 3 is 2.43 bits per heavy atom. The molecule has 1 heterocycles. The molecule has 2 atom stereocenters. The molecule has 1 saturated carbocycles. The molecular weight excluding hydrogens is 264 g/mol. The average molecular weight is 284 g/mol. The molecular formula is C17H20N2O2. The topological polar surface area (TPSA) is 54.3 Å². The van der Waals surface area contributed by atoms with Gasteiger partial charge in [0.1, 0.15) is 0 Å². The van der Waals surface area contributed by atoms with Crippen LogP contribution in [0.4, 0.5) is 0 Å². The molecule has 3 rings (SSSR count). The quantitative estimate of drug-likeness (QED) is 0.910. The number of carbonyl (C=O) groups excluding carboxylic acids is 1. The Balaban J connectivity index is 1.67. The molecule has 1 aromatic heterocycles. The number of rotatable bonds is 3. The molecule has 0 spiro atoms. The van der Waals surface area contributed by atoms with E-state index in [1.54, 1.807) is 0 Å². The van der Waals surface area contributed by atoms with Crippen LogP contribution in [0.3, 0.4) is 0 Å². The second-order valence-electron chi connectivity index (χ2n) is 5.57. The van der Waals surface area contributed by atoms with Gasteiger partial charge in [-0.05, 0) is 49.2 Å². The molecule has 21 heavy (non-hydrogen) atoms. The monoisotopic (exact) mass is 284 g/mol. The predicted octanol–water partition coefficient (Wildman–Crippen LogP) is 2.51. The first-order valence-corrected chi connectivity index (χ1v) is 7.46. The highest BCUT2D eigenvalue weighted by molar-refractivity contribution is 5.94. The predicted molar refractivity (Wildman–Crippen MR) is 81.5 cm³/mol. The van der Waals surface area contributed by atoms with E-state index in [0.29, 0.717) is 5.56 Å². The van der Waals surface area contributed by atoms with Crippen LogP contribution in [0, 0.1) is 0 Å². The molecule has 0 aliphatic heterocycles. The van der Waals surface area contributed by atoms with E-state index in [0.717, 1.165) is 31.4 Å². The summed E-state index contributed by atoms with van der Waals surface area (Å²) in [6, 6.07) is 11.3. The molecule has 1 aliphatic rings. The van der Waals surface area contributed by atoms with E-state index in [9.17, 15) is 9.90 Å². The van der Waals surface area contributed by atoms with Gasteiger partial charge in [-0.1, -0.05) is 12.8 Å². The van der Waals surface area contributed by atoms with E-state index in [2.05, 4.69) is 5.32 Å². The summed E-state index contributed by atoms with van der Waals surface area (Å²) in [7, 11) is 0. The molecule has 0 radical (unpaired) electrons. The Bertz CT molecular complexity index is 590. The van der Waals surface area contributed by atoms with Crippen LogP contribution in [-0.4, -0.2) is 27.7 Å². The first kappa shape index (κ1) is 13.9. The van der Waals surface area contributed by atoms with Gasteiger partial charge in [-0.2, -0.15) is 0 Å². The number of aliphatic hydroxyl groups excluding tert-OH is 1. The molecule has 1 fully saturated rings. The third kappa shape index (κ3) is 3.16. The van der Waals surface area contributed by atoms with E-state index in [4.69, 9.17) is 0 Å². The number of nitrogens with one attached hydrogen (secondary N) is 1. The summed E-state index contributed by atoms with van der Waals surface area (Å²) in [4.78, 5) is 12.2. The van der Waals surface area contributed by atoms with Gasteiger partial charge < -0.3 is 15.0 Å². The normalized spacial score (nSPS) is 22.0. The number of carbonyl (C=O) groups is 1. The fraction of sp³-hybridized carbons (Fsp3) is 0.353. The van der Waals surface area contributed by atoms with Crippen molar-refractivity contribution in [3.63, 3.8) is 0 Å². The maximum absolute atomic E-state index is 12.2. The zero-order valence-corrected chi connectivity index (χ0v) is 11.9. The number of hydrogen-bond donors (Lipinski definition) is 2. The second-order valence-corrected chi connectivity index (χ2v) is 5.57. The highest BCUT2D eigenvalue weighted by atomic mass is 16.3. The molecule has 1 aromatic carbocycles. The van der Waals surface area contributed by atoms with E-state index in [-0.39, 0.29) is 11.9 Å². The fourth-order valence-electron chi connectivity index (χ4n) is 2.82. The third-order valence-electron chi connectivity index (χ3n) is 4.08. The Morgan fingerprint density at radius 1 is 1.10 bits per heavy atom. The SMILES string of the molecule is O=C(NC1CCCCC1O)c1ccc(-n2cccc2)cc1. The van der Waals surface area contributed by atoms with Crippen LogP contribution < -0.4 is 5.32 Å². The van der Waals surface area contributed by atoms with E-state index >= 15 is 0 Å². The van der Waals surface area contributed by atoms with Gasteiger partial charge in [0, 0.05) is 23.6 Å². The van der Waals surface area contributed by atoms with Gasteiger partial charge in [0.2, 0.25) is 0 Å². The standard InChI is InChI=1S/C17H20N2O2/c20-16-6-2-1-5-15(16)18-17(21)13-7-9-14(10-8-13)19-11-3-4-12-19/h3-4,7-12,15-16,20H,1-2,5-6H2,(H,18,21). The van der Waals surface area contributed by atoms with E-state index in [1.165, 1.54) is 0 Å². The van der Waals surface area contributed by atoms with Gasteiger partial charge in [-0.15, -0.1) is 0 Å². The highest BCUT2D eigenvalue weighted by Crippen LogP contribution is 2.19. The summed E-state index contributed by atoms with van der Waals surface area (Å²) in [6.07, 6.45) is 7.25. The van der Waals surface area contributed by atoms with Crippen molar-refractivity contribution in [2.75, 3.05) is 0 Å². The first-order valence-electron chi connectivity index (χ1n) is 7.46. The van der Waals surface area contributed by atoms with Crippen molar-refractivity contribution in [1.82, 2.24) is 9.88 Å². The molecule has 4 nitrogen and oxygen atoms in total. The smallest absolute Gasteiger partial charge is 0.251 e. The van der Waals surface area contributed by atoms with Crippen LogP contribution in [-0.2, 0) is 0 Å². The van der Waals surface area contributed by atoms with Crippen molar-refractivity contribution in [2.24, 2.45) is 0 Å². The van der Waals surface area contributed by atoms with E-state index < -0.39 is 6.10 Å². The van der Waals surface area contributed by atoms with Crippen LogP contribution in [0.1, 0.15) is 36.0 Å². The number of aliphatic hydroxyl groups is 1. The van der Waals surface area contributed by atoms with Crippen molar-refractivity contribution in [1.29, 1.82) is 0 Å². The molecule has 110 valence electrons. The van der Waals surface area contributed by atoms with Crippen molar-refractivity contribution < 1.29 is 9.90 Å². The zero-order chi connectivity index (χ0) is 14.7. The lowest BCUT2D eigenvalue weighted by molar-refractivity contribution is 0.0717. The largest absolute Gasteiger partial charge is 0.391 e. The van der Waals surface area contributed by atoms with Crippen molar-refractivity contribution in [3.8, 4) is 5.69 Å². The lowest BCUT2D eigenvalue weighted by Gasteiger charge is -2.28. The van der Waals surface area contributed by atoms with Crippen molar-refractivity contribution in [2.45, 2.75) is 37.8 Å². The summed E-state index contributed by atoms with van der Waals surface area (Å²) in [5, 5.41) is 12.9. The lowest BCUT2D eigenvalue weighted by atomic mass is 9.92. The van der Waals surface area contributed by atoms with Crippen LogP contribution in [0.15, 0.2) is 48.8 Å². The number of amides is 1. The van der Waals surface area contributed by atoms with Gasteiger partial charge in [-0.25, -0.2) is 0 Å². The maximum Gasteiger partial charge on any atom is 0.251 e. The van der Waals surface area contributed by atoms with Gasteiger partial charge in [0.15, 0.2) is 0 Å². The lowest BCUT2D eigenvalue weighted by Crippen LogP contribution is -2.45. The maximum atomic E-state index is 12.2. The first-order chi connectivity index (χ1) is 10.2. The number of benzene rings is 1. The molecule has 2 unspecified atom stereocenters. The fourth-order valence-corrected chi connectivity index (χ4v) is 2.82. The zero-order valence-electron chi connectivity index (χ0n) is 11.9. The molecule has 4 heteroatoms.